The van der Waals surface area contributed by atoms with E-state index in [4.69, 9.17) is 0 Å². The number of halogens is 2. The van der Waals surface area contributed by atoms with Gasteiger partial charge in [-0.2, -0.15) is 0 Å². The third-order valence-electron chi connectivity index (χ3n) is 2.31. The molecule has 0 saturated heterocycles. The first kappa shape index (κ1) is 13.2. The van der Waals surface area contributed by atoms with Crippen molar-refractivity contribution in [2.45, 2.75) is 6.54 Å². The first-order valence-corrected chi connectivity index (χ1v) is 6.87. The molecule has 2 rings (SSSR count). The summed E-state index contributed by atoms with van der Waals surface area (Å²) < 4.78 is 1.79. The molecule has 1 amide bonds. The Morgan fingerprint density at radius 3 is 2.72 bits per heavy atom. The van der Waals surface area contributed by atoms with Gasteiger partial charge in [0.2, 0.25) is 0 Å². The number of carbonyl (C=O) groups is 1. The molecule has 92 valence electrons. The minimum absolute atomic E-state index is 0.135. The number of rotatable bonds is 3. The van der Waals surface area contributed by atoms with Crippen LogP contribution in [0.15, 0.2) is 51.7 Å². The Bertz CT molecular complexity index is 572. The molecule has 0 bridgehead atoms. The zero-order chi connectivity index (χ0) is 13.0. The van der Waals surface area contributed by atoms with Gasteiger partial charge >= 0.3 is 0 Å². The maximum atomic E-state index is 11.9. The van der Waals surface area contributed by atoms with Crippen LogP contribution in [-0.4, -0.2) is 10.9 Å². The highest BCUT2D eigenvalue weighted by molar-refractivity contribution is 9.10. The topological polar surface area (TPSA) is 42.0 Å². The van der Waals surface area contributed by atoms with E-state index >= 15 is 0 Å². The predicted molar refractivity (Wildman–Crippen MR) is 77.2 cm³/mol. The summed E-state index contributed by atoms with van der Waals surface area (Å²) in [5, 5.41) is 2.85. The van der Waals surface area contributed by atoms with Crippen LogP contribution in [0, 0.1) is 0 Å². The van der Waals surface area contributed by atoms with E-state index in [1.54, 1.807) is 18.5 Å². The average molecular weight is 370 g/mol. The zero-order valence-electron chi connectivity index (χ0n) is 9.36. The number of pyridine rings is 1. The van der Waals surface area contributed by atoms with Crippen LogP contribution >= 0.6 is 31.9 Å². The van der Waals surface area contributed by atoms with Crippen molar-refractivity contribution >= 4 is 37.8 Å². The Labute approximate surface area is 122 Å². The minimum atomic E-state index is -0.135. The molecule has 2 aromatic rings. The fourth-order valence-electron chi connectivity index (χ4n) is 1.47. The molecular formula is C13H10Br2N2O. The molecule has 1 aromatic carbocycles. The first-order valence-electron chi connectivity index (χ1n) is 5.28. The van der Waals surface area contributed by atoms with Crippen molar-refractivity contribution < 1.29 is 4.79 Å². The normalized spacial score (nSPS) is 10.1. The number of nitrogens with zero attached hydrogens (tertiary/aromatic N) is 1. The molecule has 0 aliphatic rings. The quantitative estimate of drug-likeness (QED) is 0.899. The molecule has 0 aliphatic heterocycles. The van der Waals surface area contributed by atoms with Gasteiger partial charge in [0, 0.05) is 27.9 Å². The molecule has 5 heteroatoms. The van der Waals surface area contributed by atoms with Gasteiger partial charge in [0.25, 0.3) is 5.91 Å². The number of hydrogen-bond donors (Lipinski definition) is 1. The molecule has 0 atom stereocenters. The molecule has 0 fully saturated rings. The van der Waals surface area contributed by atoms with E-state index in [0.717, 1.165) is 14.5 Å². The van der Waals surface area contributed by atoms with Crippen LogP contribution in [0.25, 0.3) is 0 Å². The Morgan fingerprint density at radius 2 is 2.00 bits per heavy atom. The van der Waals surface area contributed by atoms with Gasteiger partial charge < -0.3 is 5.32 Å². The summed E-state index contributed by atoms with van der Waals surface area (Å²) in [6, 6.07) is 9.56. The van der Waals surface area contributed by atoms with Gasteiger partial charge in [0.05, 0.1) is 5.56 Å². The maximum absolute atomic E-state index is 11.9. The summed E-state index contributed by atoms with van der Waals surface area (Å²) >= 11 is 6.68. The number of amides is 1. The molecule has 0 spiro atoms. The number of aromatic nitrogens is 1. The van der Waals surface area contributed by atoms with Gasteiger partial charge in [-0.3, -0.25) is 9.78 Å². The smallest absolute Gasteiger partial charge is 0.253 e. The van der Waals surface area contributed by atoms with Crippen molar-refractivity contribution in [3.63, 3.8) is 0 Å². The van der Waals surface area contributed by atoms with Gasteiger partial charge in [0.1, 0.15) is 0 Å². The Balaban J connectivity index is 2.00. The third kappa shape index (κ3) is 3.65. The van der Waals surface area contributed by atoms with Crippen LogP contribution in [0.5, 0.6) is 0 Å². The third-order valence-corrected chi connectivity index (χ3v) is 3.24. The van der Waals surface area contributed by atoms with Crippen molar-refractivity contribution in [1.82, 2.24) is 10.3 Å². The molecule has 0 unspecified atom stereocenters. The monoisotopic (exact) mass is 368 g/mol. The highest BCUT2D eigenvalue weighted by atomic mass is 79.9. The van der Waals surface area contributed by atoms with Gasteiger partial charge in [-0.05, 0) is 39.7 Å². The largest absolute Gasteiger partial charge is 0.348 e. The minimum Gasteiger partial charge on any atom is -0.348 e. The lowest BCUT2D eigenvalue weighted by Crippen LogP contribution is -2.22. The highest BCUT2D eigenvalue weighted by Gasteiger charge is 2.06. The number of benzene rings is 1. The molecule has 1 N–H and O–H groups in total. The van der Waals surface area contributed by atoms with Crippen LogP contribution < -0.4 is 5.32 Å². The van der Waals surface area contributed by atoms with E-state index in [9.17, 15) is 4.79 Å². The Hall–Kier alpha value is -1.20. The Kier molecular flexibility index (Phi) is 4.49. The van der Waals surface area contributed by atoms with Crippen LogP contribution in [0.2, 0.25) is 0 Å². The molecule has 1 aromatic heterocycles. The fourth-order valence-corrected chi connectivity index (χ4v) is 2.28. The van der Waals surface area contributed by atoms with Crippen molar-refractivity contribution in [3.05, 3.63) is 62.8 Å². The van der Waals surface area contributed by atoms with Crippen LogP contribution in [0.1, 0.15) is 15.9 Å². The van der Waals surface area contributed by atoms with E-state index in [0.29, 0.717) is 12.1 Å². The van der Waals surface area contributed by atoms with E-state index < -0.39 is 0 Å². The van der Waals surface area contributed by atoms with Crippen molar-refractivity contribution in [2.24, 2.45) is 0 Å². The van der Waals surface area contributed by atoms with E-state index in [1.165, 1.54) is 0 Å². The molecule has 0 radical (unpaired) electrons. The molecule has 0 aliphatic carbocycles. The van der Waals surface area contributed by atoms with E-state index in [-0.39, 0.29) is 5.91 Å². The van der Waals surface area contributed by atoms with Gasteiger partial charge in [-0.15, -0.1) is 0 Å². The van der Waals surface area contributed by atoms with E-state index in [1.807, 2.05) is 24.3 Å². The first-order chi connectivity index (χ1) is 8.65. The van der Waals surface area contributed by atoms with Gasteiger partial charge in [-0.25, -0.2) is 0 Å². The van der Waals surface area contributed by atoms with Crippen LogP contribution in [-0.2, 0) is 6.54 Å². The summed E-state index contributed by atoms with van der Waals surface area (Å²) in [6.45, 7) is 0.491. The summed E-state index contributed by atoms with van der Waals surface area (Å²) in [6.07, 6.45) is 3.19. The van der Waals surface area contributed by atoms with Crippen molar-refractivity contribution in [3.8, 4) is 0 Å². The maximum Gasteiger partial charge on any atom is 0.253 e. The number of carbonyl (C=O) groups excluding carboxylic acids is 1. The highest BCUT2D eigenvalue weighted by Crippen LogP contribution is 2.12. The lowest BCUT2D eigenvalue weighted by molar-refractivity contribution is 0.0950. The summed E-state index contributed by atoms with van der Waals surface area (Å²) in [5.41, 5.74) is 1.58. The van der Waals surface area contributed by atoms with E-state index in [2.05, 4.69) is 42.2 Å². The summed E-state index contributed by atoms with van der Waals surface area (Å²) in [4.78, 5) is 15.8. The standard InChI is InChI=1S/C13H10Br2N2O/c14-11-3-1-2-9(4-11)6-17-13(18)10-5-12(15)8-16-7-10/h1-5,7-8H,6H2,(H,17,18). The van der Waals surface area contributed by atoms with Crippen molar-refractivity contribution in [2.75, 3.05) is 0 Å². The lowest BCUT2D eigenvalue weighted by atomic mass is 10.2. The lowest BCUT2D eigenvalue weighted by Gasteiger charge is -2.05. The predicted octanol–water partition coefficient (Wildman–Crippen LogP) is 3.54. The van der Waals surface area contributed by atoms with Crippen molar-refractivity contribution in [1.29, 1.82) is 0 Å². The van der Waals surface area contributed by atoms with Crippen LogP contribution in [0.4, 0.5) is 0 Å². The second kappa shape index (κ2) is 6.11. The molecule has 1 heterocycles. The summed E-state index contributed by atoms with van der Waals surface area (Å²) in [7, 11) is 0. The summed E-state index contributed by atoms with van der Waals surface area (Å²) in [5.74, 6) is -0.135. The second-order valence-electron chi connectivity index (χ2n) is 3.70. The van der Waals surface area contributed by atoms with Gasteiger partial charge in [-0.1, -0.05) is 28.1 Å². The second-order valence-corrected chi connectivity index (χ2v) is 5.54. The number of hydrogen-bond acceptors (Lipinski definition) is 2. The fraction of sp³-hybridized carbons (Fsp3) is 0.0769. The van der Waals surface area contributed by atoms with Gasteiger partial charge in [0.15, 0.2) is 0 Å². The molecular weight excluding hydrogens is 360 g/mol. The molecule has 18 heavy (non-hydrogen) atoms. The van der Waals surface area contributed by atoms with Crippen LogP contribution in [0.3, 0.4) is 0 Å². The Morgan fingerprint density at radius 1 is 1.17 bits per heavy atom. The number of nitrogens with one attached hydrogen (secondary N) is 1. The SMILES string of the molecule is O=C(NCc1cccc(Br)c1)c1cncc(Br)c1. The molecule has 3 nitrogen and oxygen atoms in total. The average Bonchev–Trinajstić information content (AvgIpc) is 2.36. The molecule has 0 saturated carbocycles. The zero-order valence-corrected chi connectivity index (χ0v) is 12.5.